The zero-order valence-corrected chi connectivity index (χ0v) is 6.74. The van der Waals surface area contributed by atoms with Crippen LogP contribution >= 0.6 is 0 Å². The van der Waals surface area contributed by atoms with Crippen LogP contribution in [0.5, 0.6) is 0 Å². The van der Waals surface area contributed by atoms with E-state index in [1.807, 2.05) is 0 Å². The highest BCUT2D eigenvalue weighted by molar-refractivity contribution is 4.86. The minimum absolute atomic E-state index is 0.242. The summed E-state index contributed by atoms with van der Waals surface area (Å²) in [5.74, 6) is 0. The summed E-state index contributed by atoms with van der Waals surface area (Å²) in [5.41, 5.74) is 0. The molecule has 0 aliphatic carbocycles. The molecule has 0 unspecified atom stereocenters. The zero-order valence-electron chi connectivity index (χ0n) is 6.74. The van der Waals surface area contributed by atoms with Gasteiger partial charge in [0.1, 0.15) is 12.2 Å². The smallest absolute Gasteiger partial charge is 0.268 e. The second-order valence-electron chi connectivity index (χ2n) is 2.89. The average Bonchev–Trinajstić information content (AvgIpc) is 2.04. The van der Waals surface area contributed by atoms with Crippen LogP contribution in [0.2, 0.25) is 0 Å². The summed E-state index contributed by atoms with van der Waals surface area (Å²) in [6.07, 6.45) is -3.78. The van der Waals surface area contributed by atoms with Gasteiger partial charge in [-0.25, -0.2) is 0 Å². The van der Waals surface area contributed by atoms with Crippen molar-refractivity contribution in [3.63, 3.8) is 0 Å². The molecule has 0 radical (unpaired) electrons. The Bertz CT molecular complexity index is 198. The van der Waals surface area contributed by atoms with E-state index in [2.05, 4.69) is 0 Å². The Labute approximate surface area is 73.7 Å². The molecule has 1 fully saturated rings. The van der Waals surface area contributed by atoms with Gasteiger partial charge in [-0.2, -0.15) is 0 Å². The van der Waals surface area contributed by atoms with Crippen LogP contribution in [0.1, 0.15) is 0 Å². The van der Waals surface area contributed by atoms with Crippen molar-refractivity contribution in [2.45, 2.75) is 24.4 Å². The van der Waals surface area contributed by atoms with Crippen molar-refractivity contribution in [1.82, 2.24) is 0 Å². The molecule has 1 heterocycles. The Balaban J connectivity index is 2.71. The first-order chi connectivity index (χ1) is 6.07. The summed E-state index contributed by atoms with van der Waals surface area (Å²) in [4.78, 5) is 9.62. The molecule has 0 amide bonds. The van der Waals surface area contributed by atoms with Crippen LogP contribution < -0.4 is 0 Å². The van der Waals surface area contributed by atoms with Crippen LogP contribution in [-0.4, -0.2) is 57.8 Å². The van der Waals surface area contributed by atoms with E-state index in [0.29, 0.717) is 0 Å². The van der Waals surface area contributed by atoms with E-state index < -0.39 is 35.9 Å². The van der Waals surface area contributed by atoms with E-state index in [-0.39, 0.29) is 6.61 Å². The maximum absolute atomic E-state index is 10.4. The van der Waals surface area contributed by atoms with Crippen molar-refractivity contribution in [3.05, 3.63) is 10.1 Å². The molecule has 7 nitrogen and oxygen atoms in total. The SMILES string of the molecule is O=[N+]([O-])[C@@H]1[C@@H](O)[C@@H](CO)OC[C@@H]1O. The predicted octanol–water partition coefficient (Wildman–Crippen LogP) is -2.26. The molecule has 7 heteroatoms. The molecule has 4 atom stereocenters. The van der Waals surface area contributed by atoms with Gasteiger partial charge in [0.25, 0.3) is 6.04 Å². The van der Waals surface area contributed by atoms with Crippen LogP contribution in [-0.2, 0) is 4.74 Å². The molecule has 1 rings (SSSR count). The molecule has 13 heavy (non-hydrogen) atoms. The summed E-state index contributed by atoms with van der Waals surface area (Å²) in [6.45, 7) is -0.744. The number of aliphatic hydroxyl groups is 3. The first-order valence-electron chi connectivity index (χ1n) is 3.80. The van der Waals surface area contributed by atoms with E-state index >= 15 is 0 Å². The molecule has 1 saturated heterocycles. The average molecular weight is 193 g/mol. The summed E-state index contributed by atoms with van der Waals surface area (Å²) in [6, 6.07) is -1.48. The Morgan fingerprint density at radius 3 is 2.62 bits per heavy atom. The van der Waals surface area contributed by atoms with Gasteiger partial charge in [0.15, 0.2) is 6.10 Å². The minimum Gasteiger partial charge on any atom is -0.394 e. The van der Waals surface area contributed by atoms with Crippen molar-refractivity contribution < 1.29 is 25.0 Å². The first-order valence-corrected chi connectivity index (χ1v) is 3.80. The highest BCUT2D eigenvalue weighted by Gasteiger charge is 2.46. The van der Waals surface area contributed by atoms with Crippen LogP contribution in [0, 0.1) is 10.1 Å². The number of hydrogen-bond acceptors (Lipinski definition) is 6. The Morgan fingerprint density at radius 2 is 2.15 bits per heavy atom. The van der Waals surface area contributed by atoms with Crippen LogP contribution in [0.3, 0.4) is 0 Å². The van der Waals surface area contributed by atoms with Crippen molar-refractivity contribution in [2.75, 3.05) is 13.2 Å². The van der Waals surface area contributed by atoms with Gasteiger partial charge >= 0.3 is 0 Å². The molecule has 1 aliphatic rings. The molecular formula is C6H11NO6. The largest absolute Gasteiger partial charge is 0.394 e. The number of hydrogen-bond donors (Lipinski definition) is 3. The number of ether oxygens (including phenoxy) is 1. The van der Waals surface area contributed by atoms with E-state index in [1.165, 1.54) is 0 Å². The second kappa shape index (κ2) is 3.97. The maximum atomic E-state index is 10.4. The predicted molar refractivity (Wildman–Crippen MR) is 39.6 cm³/mol. The zero-order chi connectivity index (χ0) is 10.0. The standard InChI is InChI=1S/C6H11NO6/c8-1-4-6(10)5(7(11)12)3(9)2-13-4/h3-6,8-10H,1-2H2/t3-,4+,5-,6-/m0/s1. The maximum Gasteiger partial charge on any atom is 0.268 e. The summed E-state index contributed by atoms with van der Waals surface area (Å²) < 4.78 is 4.78. The van der Waals surface area contributed by atoms with E-state index in [9.17, 15) is 15.2 Å². The molecule has 0 aromatic rings. The highest BCUT2D eigenvalue weighted by atomic mass is 16.6. The Morgan fingerprint density at radius 1 is 1.54 bits per heavy atom. The third kappa shape index (κ3) is 1.94. The van der Waals surface area contributed by atoms with Crippen LogP contribution in [0.4, 0.5) is 0 Å². The lowest BCUT2D eigenvalue weighted by Gasteiger charge is -2.31. The van der Waals surface area contributed by atoms with E-state index in [0.717, 1.165) is 0 Å². The minimum atomic E-state index is -1.48. The Kier molecular flexibility index (Phi) is 3.15. The van der Waals surface area contributed by atoms with Gasteiger partial charge in [-0.1, -0.05) is 0 Å². The molecule has 0 saturated carbocycles. The molecule has 0 bridgehead atoms. The van der Waals surface area contributed by atoms with Crippen molar-refractivity contribution in [2.24, 2.45) is 0 Å². The molecule has 0 aromatic heterocycles. The van der Waals surface area contributed by atoms with Crippen LogP contribution in [0.15, 0.2) is 0 Å². The lowest BCUT2D eigenvalue weighted by atomic mass is 9.98. The third-order valence-corrected chi connectivity index (χ3v) is 2.03. The summed E-state index contributed by atoms with van der Waals surface area (Å²) in [5, 5.41) is 37.4. The number of nitro groups is 1. The molecule has 0 spiro atoms. The normalized spacial score (nSPS) is 40.2. The van der Waals surface area contributed by atoms with Gasteiger partial charge in [-0.3, -0.25) is 10.1 Å². The van der Waals surface area contributed by atoms with Gasteiger partial charge in [-0.05, 0) is 0 Å². The number of aliphatic hydroxyl groups excluding tert-OH is 3. The van der Waals surface area contributed by atoms with Crippen molar-refractivity contribution >= 4 is 0 Å². The van der Waals surface area contributed by atoms with Gasteiger partial charge in [0.2, 0.25) is 0 Å². The fraction of sp³-hybridized carbons (Fsp3) is 1.00. The number of nitrogens with zero attached hydrogens (tertiary/aromatic N) is 1. The quantitative estimate of drug-likeness (QED) is 0.337. The molecule has 0 aromatic carbocycles. The summed E-state index contributed by atoms with van der Waals surface area (Å²) >= 11 is 0. The molecule has 3 N–H and O–H groups in total. The van der Waals surface area contributed by atoms with E-state index in [4.69, 9.17) is 14.9 Å². The molecule has 76 valence electrons. The fourth-order valence-corrected chi connectivity index (χ4v) is 1.29. The lowest BCUT2D eigenvalue weighted by molar-refractivity contribution is -0.556. The monoisotopic (exact) mass is 193 g/mol. The van der Waals surface area contributed by atoms with Crippen molar-refractivity contribution in [1.29, 1.82) is 0 Å². The summed E-state index contributed by atoms with van der Waals surface area (Å²) in [7, 11) is 0. The van der Waals surface area contributed by atoms with Crippen molar-refractivity contribution in [3.8, 4) is 0 Å². The lowest BCUT2D eigenvalue weighted by Crippen LogP contribution is -2.57. The van der Waals surface area contributed by atoms with Gasteiger partial charge in [0, 0.05) is 4.92 Å². The third-order valence-electron chi connectivity index (χ3n) is 2.03. The van der Waals surface area contributed by atoms with Gasteiger partial charge in [-0.15, -0.1) is 0 Å². The first kappa shape index (κ1) is 10.3. The Hall–Kier alpha value is -0.760. The van der Waals surface area contributed by atoms with Crippen LogP contribution in [0.25, 0.3) is 0 Å². The fourth-order valence-electron chi connectivity index (χ4n) is 1.29. The molecular weight excluding hydrogens is 182 g/mol. The van der Waals surface area contributed by atoms with E-state index in [1.54, 1.807) is 0 Å². The second-order valence-corrected chi connectivity index (χ2v) is 2.89. The van der Waals surface area contributed by atoms with Gasteiger partial charge < -0.3 is 20.1 Å². The van der Waals surface area contributed by atoms with Gasteiger partial charge in [0.05, 0.1) is 13.2 Å². The number of rotatable bonds is 2. The highest BCUT2D eigenvalue weighted by Crippen LogP contribution is 2.17. The topological polar surface area (TPSA) is 113 Å². The molecule has 1 aliphatic heterocycles.